The van der Waals surface area contributed by atoms with Crippen molar-refractivity contribution < 1.29 is 17.6 Å². The fourth-order valence-electron chi connectivity index (χ4n) is 6.11. The zero-order valence-corrected chi connectivity index (χ0v) is 19.5. The molecule has 0 N–H and O–H groups in total. The molecule has 0 radical (unpaired) electrons. The Hall–Kier alpha value is -0.770. The van der Waals surface area contributed by atoms with Crippen molar-refractivity contribution in [3.05, 3.63) is 34.9 Å². The summed E-state index contributed by atoms with van der Waals surface area (Å²) in [6.07, 6.45) is 17.3. The standard InChI is InChI=1S/C26H37ClF4/c1-2-5-18-8-12-21(13-9-18)22-14-10-19(11-15-22)6-3-4-7-20-16-23(28)25(24(29)17-20)26(27,30)31/h16-19,21-22H,2-15H2,1H3. The number of benzene rings is 1. The average molecular weight is 461 g/mol. The minimum Gasteiger partial charge on any atom is -0.206 e. The predicted molar refractivity (Wildman–Crippen MR) is 119 cm³/mol. The van der Waals surface area contributed by atoms with E-state index in [0.717, 1.165) is 55.1 Å². The molecule has 2 aliphatic rings. The fourth-order valence-corrected chi connectivity index (χ4v) is 6.29. The van der Waals surface area contributed by atoms with Gasteiger partial charge in [0.05, 0.1) is 0 Å². The van der Waals surface area contributed by atoms with Crippen molar-refractivity contribution >= 4 is 11.6 Å². The molecule has 0 aliphatic heterocycles. The number of unbranched alkanes of at least 4 members (excludes halogenated alkanes) is 1. The van der Waals surface area contributed by atoms with Crippen molar-refractivity contribution in [3.63, 3.8) is 0 Å². The lowest BCUT2D eigenvalue weighted by Crippen LogP contribution is -2.25. The van der Waals surface area contributed by atoms with Crippen LogP contribution in [0, 0.1) is 35.3 Å². The van der Waals surface area contributed by atoms with Crippen molar-refractivity contribution in [2.24, 2.45) is 23.7 Å². The lowest BCUT2D eigenvalue weighted by atomic mass is 9.68. The highest BCUT2D eigenvalue weighted by Crippen LogP contribution is 2.43. The molecule has 0 bridgehead atoms. The van der Waals surface area contributed by atoms with Gasteiger partial charge in [-0.3, -0.25) is 0 Å². The zero-order valence-electron chi connectivity index (χ0n) is 18.8. The van der Waals surface area contributed by atoms with Crippen LogP contribution in [0.5, 0.6) is 0 Å². The zero-order chi connectivity index (χ0) is 22.4. The lowest BCUT2D eigenvalue weighted by Gasteiger charge is -2.38. The number of halogens is 5. The van der Waals surface area contributed by atoms with Gasteiger partial charge in [-0.1, -0.05) is 58.3 Å². The molecule has 0 aromatic heterocycles. The van der Waals surface area contributed by atoms with Crippen LogP contribution in [0.1, 0.15) is 102 Å². The van der Waals surface area contributed by atoms with Crippen LogP contribution in [0.2, 0.25) is 0 Å². The van der Waals surface area contributed by atoms with Gasteiger partial charge in [-0.05, 0) is 91.5 Å². The highest BCUT2D eigenvalue weighted by Gasteiger charge is 2.35. The summed E-state index contributed by atoms with van der Waals surface area (Å²) in [5.74, 6) is 1.07. The summed E-state index contributed by atoms with van der Waals surface area (Å²) in [6, 6.07) is 1.99. The highest BCUT2D eigenvalue weighted by atomic mass is 35.5. The van der Waals surface area contributed by atoms with E-state index in [-0.39, 0.29) is 0 Å². The minimum absolute atomic E-state index is 0.419. The SMILES string of the molecule is CCCC1CCC(C2CCC(CCCCc3cc(F)c(C(F)(F)Cl)c(F)c3)CC2)CC1. The fraction of sp³-hybridized carbons (Fsp3) is 0.769. The van der Waals surface area contributed by atoms with Crippen molar-refractivity contribution in [2.45, 2.75) is 102 Å². The number of hydrogen-bond donors (Lipinski definition) is 0. The van der Waals surface area contributed by atoms with Crippen LogP contribution in [0.4, 0.5) is 17.6 Å². The van der Waals surface area contributed by atoms with E-state index in [1.807, 2.05) is 0 Å². The summed E-state index contributed by atoms with van der Waals surface area (Å²) >= 11 is 4.80. The predicted octanol–water partition coefficient (Wildman–Crippen LogP) is 9.38. The molecule has 3 rings (SSSR count). The molecule has 2 aliphatic carbocycles. The van der Waals surface area contributed by atoms with E-state index in [1.165, 1.54) is 64.2 Å². The smallest absolute Gasteiger partial charge is 0.206 e. The molecule has 5 heteroatoms. The quantitative estimate of drug-likeness (QED) is 0.195. The molecule has 0 nitrogen and oxygen atoms in total. The Morgan fingerprint density at radius 1 is 0.806 bits per heavy atom. The maximum atomic E-state index is 13.9. The largest absolute Gasteiger partial charge is 0.353 e. The first-order valence-corrected chi connectivity index (χ1v) is 12.7. The second-order valence-electron chi connectivity index (χ2n) is 10.0. The summed E-state index contributed by atoms with van der Waals surface area (Å²) in [6.45, 7) is 2.29. The normalized spacial score (nSPS) is 27.4. The number of hydrogen-bond acceptors (Lipinski definition) is 0. The Morgan fingerprint density at radius 3 is 1.74 bits per heavy atom. The van der Waals surface area contributed by atoms with Crippen molar-refractivity contribution in [2.75, 3.05) is 0 Å². The maximum absolute atomic E-state index is 13.9. The third-order valence-electron chi connectivity index (χ3n) is 7.86. The molecule has 2 saturated carbocycles. The molecule has 1 aromatic carbocycles. The molecular weight excluding hydrogens is 424 g/mol. The van der Waals surface area contributed by atoms with Crippen LogP contribution in [0.25, 0.3) is 0 Å². The third-order valence-corrected chi connectivity index (χ3v) is 8.05. The van der Waals surface area contributed by atoms with Gasteiger partial charge in [0.1, 0.15) is 17.2 Å². The van der Waals surface area contributed by atoms with Crippen LogP contribution in [-0.4, -0.2) is 0 Å². The van der Waals surface area contributed by atoms with Gasteiger partial charge in [-0.25, -0.2) is 8.78 Å². The first-order valence-electron chi connectivity index (χ1n) is 12.3. The molecule has 31 heavy (non-hydrogen) atoms. The van der Waals surface area contributed by atoms with Gasteiger partial charge < -0.3 is 0 Å². The van der Waals surface area contributed by atoms with Crippen LogP contribution in [0.3, 0.4) is 0 Å². The Morgan fingerprint density at radius 2 is 1.29 bits per heavy atom. The maximum Gasteiger partial charge on any atom is 0.353 e. The molecule has 2 fully saturated rings. The Balaban J connectivity index is 1.35. The van der Waals surface area contributed by atoms with E-state index in [0.29, 0.717) is 12.0 Å². The topological polar surface area (TPSA) is 0 Å². The van der Waals surface area contributed by atoms with Gasteiger partial charge in [-0.15, -0.1) is 0 Å². The van der Waals surface area contributed by atoms with Gasteiger partial charge in [-0.2, -0.15) is 8.78 Å². The average Bonchev–Trinajstić information content (AvgIpc) is 2.71. The molecule has 0 saturated heterocycles. The van der Waals surface area contributed by atoms with Crippen LogP contribution >= 0.6 is 11.6 Å². The van der Waals surface area contributed by atoms with Gasteiger partial charge in [0.2, 0.25) is 0 Å². The minimum atomic E-state index is -4.03. The van der Waals surface area contributed by atoms with Gasteiger partial charge >= 0.3 is 5.38 Å². The molecule has 0 unspecified atom stereocenters. The van der Waals surface area contributed by atoms with Gasteiger partial charge in [0.15, 0.2) is 0 Å². The second kappa shape index (κ2) is 11.4. The van der Waals surface area contributed by atoms with Crippen molar-refractivity contribution in [3.8, 4) is 0 Å². The molecule has 0 atom stereocenters. The number of aryl methyl sites for hydroxylation is 1. The van der Waals surface area contributed by atoms with Crippen molar-refractivity contribution in [1.82, 2.24) is 0 Å². The summed E-state index contributed by atoms with van der Waals surface area (Å²) in [4.78, 5) is 0. The monoisotopic (exact) mass is 460 g/mol. The van der Waals surface area contributed by atoms with E-state index in [4.69, 9.17) is 11.6 Å². The molecule has 0 spiro atoms. The van der Waals surface area contributed by atoms with Crippen LogP contribution in [-0.2, 0) is 11.8 Å². The first-order chi connectivity index (χ1) is 14.8. The lowest BCUT2D eigenvalue weighted by molar-refractivity contribution is 0.0858. The number of alkyl halides is 3. The molecular formula is C26H37ClF4. The second-order valence-corrected chi connectivity index (χ2v) is 10.5. The Kier molecular flexibility index (Phi) is 9.13. The van der Waals surface area contributed by atoms with Crippen molar-refractivity contribution in [1.29, 1.82) is 0 Å². The summed E-state index contributed by atoms with van der Waals surface area (Å²) in [7, 11) is 0. The molecule has 176 valence electrons. The Labute approximate surface area is 190 Å². The van der Waals surface area contributed by atoms with Gasteiger partial charge in [0, 0.05) is 0 Å². The highest BCUT2D eigenvalue weighted by molar-refractivity contribution is 6.21. The van der Waals surface area contributed by atoms with E-state index < -0.39 is 22.6 Å². The van der Waals surface area contributed by atoms with Crippen LogP contribution < -0.4 is 0 Å². The summed E-state index contributed by atoms with van der Waals surface area (Å²) in [5.41, 5.74) is -0.935. The number of rotatable bonds is 9. The van der Waals surface area contributed by atoms with E-state index >= 15 is 0 Å². The van der Waals surface area contributed by atoms with Crippen LogP contribution in [0.15, 0.2) is 12.1 Å². The Bertz CT molecular complexity index is 660. The first kappa shape index (κ1) is 24.9. The third kappa shape index (κ3) is 7.11. The molecule has 1 aromatic rings. The van der Waals surface area contributed by atoms with Gasteiger partial charge in [0.25, 0.3) is 0 Å². The molecule has 0 amide bonds. The summed E-state index contributed by atoms with van der Waals surface area (Å²) in [5, 5.41) is -4.03. The van der Waals surface area contributed by atoms with E-state index in [1.54, 1.807) is 0 Å². The van der Waals surface area contributed by atoms with E-state index in [2.05, 4.69) is 6.92 Å². The van der Waals surface area contributed by atoms with E-state index in [9.17, 15) is 17.6 Å². The summed E-state index contributed by atoms with van der Waals surface area (Å²) < 4.78 is 53.9. The molecule has 0 heterocycles.